The molecule has 1 aliphatic heterocycles. The minimum absolute atomic E-state index is 0.105. The number of piperidine rings is 1. The number of thiophene rings is 1. The Morgan fingerprint density at radius 2 is 2.50 bits per heavy atom. The minimum atomic E-state index is 0.105. The van der Waals surface area contributed by atoms with Crippen molar-refractivity contribution >= 4 is 23.3 Å². The molecule has 0 spiro atoms. The second-order valence-electron chi connectivity index (χ2n) is 4.89. The van der Waals surface area contributed by atoms with E-state index in [0.29, 0.717) is 18.4 Å². The number of hydrogen-bond donors (Lipinski definition) is 1. The first-order valence-corrected chi connectivity index (χ1v) is 7.29. The van der Waals surface area contributed by atoms with Crippen molar-refractivity contribution in [1.29, 1.82) is 0 Å². The van der Waals surface area contributed by atoms with Crippen molar-refractivity contribution in [3.63, 3.8) is 0 Å². The summed E-state index contributed by atoms with van der Waals surface area (Å²) in [5.41, 5.74) is 5.75. The van der Waals surface area contributed by atoms with Crippen LogP contribution in [0.4, 0.5) is 0 Å². The van der Waals surface area contributed by atoms with Crippen molar-refractivity contribution in [3.8, 4) is 0 Å². The third-order valence-corrected chi connectivity index (χ3v) is 4.50. The molecule has 1 saturated heterocycles. The van der Waals surface area contributed by atoms with Gasteiger partial charge in [0.15, 0.2) is 0 Å². The molecule has 0 aromatic carbocycles. The van der Waals surface area contributed by atoms with Crippen molar-refractivity contribution < 1.29 is 4.79 Å². The summed E-state index contributed by atoms with van der Waals surface area (Å²) in [4.78, 5) is 15.1. The Morgan fingerprint density at radius 3 is 3.17 bits per heavy atom. The Labute approximate surface area is 112 Å². The Hall–Kier alpha value is -1.13. The van der Waals surface area contributed by atoms with Crippen LogP contribution in [0.5, 0.6) is 0 Å². The first kappa shape index (κ1) is 13.3. The fraction of sp³-hybridized carbons (Fsp3) is 0.500. The SMILES string of the molecule is CC1CCN(C(=O)/C=C/c2cccs2)CC1CN. The molecule has 0 radical (unpaired) electrons. The van der Waals surface area contributed by atoms with Gasteiger partial charge in [0.05, 0.1) is 0 Å². The number of likely N-dealkylation sites (tertiary alicyclic amines) is 1. The number of nitrogens with zero attached hydrogens (tertiary/aromatic N) is 1. The number of rotatable bonds is 3. The predicted octanol–water partition coefficient (Wildman–Crippen LogP) is 2.20. The highest BCUT2D eigenvalue weighted by atomic mass is 32.1. The molecule has 0 saturated carbocycles. The number of nitrogens with two attached hydrogens (primary N) is 1. The lowest BCUT2D eigenvalue weighted by molar-refractivity contribution is -0.128. The van der Waals surface area contributed by atoms with Gasteiger partial charge in [0.2, 0.25) is 5.91 Å². The molecular weight excluding hydrogens is 244 g/mol. The van der Waals surface area contributed by atoms with Crippen LogP contribution in [0.3, 0.4) is 0 Å². The summed E-state index contributed by atoms with van der Waals surface area (Å²) in [5, 5.41) is 2.01. The molecule has 1 fully saturated rings. The fourth-order valence-electron chi connectivity index (χ4n) is 2.30. The van der Waals surface area contributed by atoms with Gasteiger partial charge in [0.1, 0.15) is 0 Å². The quantitative estimate of drug-likeness (QED) is 0.851. The first-order chi connectivity index (χ1) is 8.70. The predicted molar refractivity (Wildman–Crippen MR) is 76.3 cm³/mol. The molecule has 1 aromatic heterocycles. The lowest BCUT2D eigenvalue weighted by atomic mass is 9.87. The summed E-state index contributed by atoms with van der Waals surface area (Å²) in [7, 11) is 0. The zero-order chi connectivity index (χ0) is 13.0. The van der Waals surface area contributed by atoms with E-state index in [2.05, 4.69) is 6.92 Å². The van der Waals surface area contributed by atoms with E-state index in [0.717, 1.165) is 24.4 Å². The zero-order valence-electron chi connectivity index (χ0n) is 10.7. The molecule has 4 heteroatoms. The molecule has 2 heterocycles. The number of hydrogen-bond acceptors (Lipinski definition) is 3. The van der Waals surface area contributed by atoms with Crippen molar-refractivity contribution in [2.45, 2.75) is 13.3 Å². The van der Waals surface area contributed by atoms with Crippen LogP contribution in [0.25, 0.3) is 6.08 Å². The van der Waals surface area contributed by atoms with Crippen LogP contribution < -0.4 is 5.73 Å². The molecule has 1 aliphatic rings. The molecular formula is C14H20N2OS. The van der Waals surface area contributed by atoms with Crippen LogP contribution in [0.1, 0.15) is 18.2 Å². The summed E-state index contributed by atoms with van der Waals surface area (Å²) in [6, 6.07) is 4.00. The van der Waals surface area contributed by atoms with Crippen molar-refractivity contribution in [3.05, 3.63) is 28.5 Å². The monoisotopic (exact) mass is 264 g/mol. The maximum Gasteiger partial charge on any atom is 0.246 e. The molecule has 1 amide bonds. The number of amides is 1. The van der Waals surface area contributed by atoms with Crippen molar-refractivity contribution in [2.24, 2.45) is 17.6 Å². The summed E-state index contributed by atoms with van der Waals surface area (Å²) >= 11 is 1.64. The van der Waals surface area contributed by atoms with Gasteiger partial charge in [0, 0.05) is 24.0 Å². The van der Waals surface area contributed by atoms with Gasteiger partial charge in [-0.25, -0.2) is 0 Å². The Kier molecular flexibility index (Phi) is 4.55. The minimum Gasteiger partial charge on any atom is -0.339 e. The fourth-order valence-corrected chi connectivity index (χ4v) is 2.92. The van der Waals surface area contributed by atoms with E-state index in [4.69, 9.17) is 5.73 Å². The average molecular weight is 264 g/mol. The van der Waals surface area contributed by atoms with Crippen LogP contribution >= 0.6 is 11.3 Å². The van der Waals surface area contributed by atoms with E-state index < -0.39 is 0 Å². The Morgan fingerprint density at radius 1 is 1.67 bits per heavy atom. The maximum absolute atomic E-state index is 12.1. The molecule has 0 bridgehead atoms. The standard InChI is InChI=1S/C14H20N2OS/c1-11-6-7-16(10-12(11)9-15)14(17)5-4-13-3-2-8-18-13/h2-5,8,11-12H,6-7,9-10,15H2,1H3/b5-4+. The Bertz CT molecular complexity index is 413. The second-order valence-corrected chi connectivity index (χ2v) is 5.87. The van der Waals surface area contributed by atoms with E-state index >= 15 is 0 Å². The van der Waals surface area contributed by atoms with Crippen LogP contribution in [0.15, 0.2) is 23.6 Å². The third-order valence-electron chi connectivity index (χ3n) is 3.66. The molecule has 2 unspecified atom stereocenters. The highest BCUT2D eigenvalue weighted by Crippen LogP contribution is 2.22. The molecule has 0 aliphatic carbocycles. The van der Waals surface area contributed by atoms with Crippen molar-refractivity contribution in [1.82, 2.24) is 4.90 Å². The van der Waals surface area contributed by atoms with E-state index in [-0.39, 0.29) is 5.91 Å². The molecule has 3 nitrogen and oxygen atoms in total. The average Bonchev–Trinajstić information content (AvgIpc) is 2.89. The van der Waals surface area contributed by atoms with Gasteiger partial charge in [-0.3, -0.25) is 4.79 Å². The number of carbonyl (C=O) groups is 1. The molecule has 2 atom stereocenters. The smallest absolute Gasteiger partial charge is 0.246 e. The summed E-state index contributed by atoms with van der Waals surface area (Å²) in [6.45, 7) is 4.54. The lowest BCUT2D eigenvalue weighted by Crippen LogP contribution is -2.44. The largest absolute Gasteiger partial charge is 0.339 e. The van der Waals surface area contributed by atoms with Gasteiger partial charge in [-0.15, -0.1) is 11.3 Å². The third kappa shape index (κ3) is 3.21. The van der Waals surface area contributed by atoms with E-state index in [1.54, 1.807) is 17.4 Å². The lowest BCUT2D eigenvalue weighted by Gasteiger charge is -2.36. The van der Waals surface area contributed by atoms with Crippen LogP contribution in [-0.4, -0.2) is 30.4 Å². The number of carbonyl (C=O) groups excluding carboxylic acids is 1. The van der Waals surface area contributed by atoms with Gasteiger partial charge in [-0.2, -0.15) is 0 Å². The molecule has 18 heavy (non-hydrogen) atoms. The van der Waals surface area contributed by atoms with Crippen LogP contribution in [-0.2, 0) is 4.79 Å². The summed E-state index contributed by atoms with van der Waals surface area (Å²) in [6.07, 6.45) is 4.62. The normalized spacial score (nSPS) is 24.7. The second kappa shape index (κ2) is 6.16. The molecule has 2 rings (SSSR count). The highest BCUT2D eigenvalue weighted by Gasteiger charge is 2.26. The molecule has 98 valence electrons. The van der Waals surface area contributed by atoms with Crippen molar-refractivity contribution in [2.75, 3.05) is 19.6 Å². The summed E-state index contributed by atoms with van der Waals surface area (Å²) in [5.74, 6) is 1.17. The van der Waals surface area contributed by atoms with E-state index in [1.807, 2.05) is 28.5 Å². The van der Waals surface area contributed by atoms with Gasteiger partial charge in [-0.1, -0.05) is 13.0 Å². The topological polar surface area (TPSA) is 46.3 Å². The Balaban J connectivity index is 1.93. The molecule has 1 aromatic rings. The van der Waals surface area contributed by atoms with Crippen LogP contribution in [0.2, 0.25) is 0 Å². The highest BCUT2D eigenvalue weighted by molar-refractivity contribution is 7.10. The van der Waals surface area contributed by atoms with Crippen LogP contribution in [0, 0.1) is 11.8 Å². The van der Waals surface area contributed by atoms with Gasteiger partial charge < -0.3 is 10.6 Å². The summed E-state index contributed by atoms with van der Waals surface area (Å²) < 4.78 is 0. The zero-order valence-corrected chi connectivity index (χ0v) is 11.5. The van der Waals surface area contributed by atoms with Gasteiger partial charge in [-0.05, 0) is 42.3 Å². The van der Waals surface area contributed by atoms with Gasteiger partial charge >= 0.3 is 0 Å². The van der Waals surface area contributed by atoms with E-state index in [1.165, 1.54) is 0 Å². The van der Waals surface area contributed by atoms with E-state index in [9.17, 15) is 4.79 Å². The van der Waals surface area contributed by atoms with Gasteiger partial charge in [0.25, 0.3) is 0 Å². The maximum atomic E-state index is 12.1. The first-order valence-electron chi connectivity index (χ1n) is 6.41. The molecule has 2 N–H and O–H groups in total.